The maximum Gasteiger partial charge on any atom is 0.150 e. The summed E-state index contributed by atoms with van der Waals surface area (Å²) in [5.41, 5.74) is 1.17. The van der Waals surface area contributed by atoms with Gasteiger partial charge < -0.3 is 10.3 Å². The van der Waals surface area contributed by atoms with Crippen molar-refractivity contribution in [3.05, 3.63) is 16.7 Å². The second kappa shape index (κ2) is 5.69. The first-order chi connectivity index (χ1) is 7.81. The summed E-state index contributed by atoms with van der Waals surface area (Å²) in [5, 5.41) is 3.81. The molecular weight excluding hydrogens is 222 g/mol. The van der Waals surface area contributed by atoms with Crippen molar-refractivity contribution < 1.29 is 0 Å². The molecule has 4 heteroatoms. The van der Waals surface area contributed by atoms with E-state index in [4.69, 9.17) is 11.6 Å². The highest BCUT2D eigenvalue weighted by molar-refractivity contribution is 6.30. The normalized spacial score (nSPS) is 17.9. The van der Waals surface area contributed by atoms with Gasteiger partial charge in [-0.05, 0) is 19.9 Å². The number of nitrogens with zero attached hydrogens (tertiary/aromatic N) is 1. The Labute approximate surface area is 102 Å². The Kier molecular flexibility index (Phi) is 4.24. The summed E-state index contributed by atoms with van der Waals surface area (Å²) < 4.78 is 0. The predicted molar refractivity (Wildman–Crippen MR) is 67.1 cm³/mol. The van der Waals surface area contributed by atoms with Crippen LogP contribution in [0.1, 0.15) is 49.5 Å². The summed E-state index contributed by atoms with van der Waals surface area (Å²) >= 11 is 6.19. The Morgan fingerprint density at radius 1 is 1.38 bits per heavy atom. The molecule has 16 heavy (non-hydrogen) atoms. The molecule has 2 N–H and O–H groups in total. The fourth-order valence-corrected chi connectivity index (χ4v) is 2.74. The Bertz CT molecular complexity index is 329. The summed E-state index contributed by atoms with van der Waals surface area (Å²) in [4.78, 5) is 7.80. The van der Waals surface area contributed by atoms with E-state index >= 15 is 0 Å². The van der Waals surface area contributed by atoms with Gasteiger partial charge in [0.1, 0.15) is 5.82 Å². The van der Waals surface area contributed by atoms with E-state index in [9.17, 15) is 0 Å². The topological polar surface area (TPSA) is 40.7 Å². The molecule has 0 spiro atoms. The minimum Gasteiger partial charge on any atom is -0.344 e. The van der Waals surface area contributed by atoms with Gasteiger partial charge in [-0.15, -0.1) is 0 Å². The van der Waals surface area contributed by atoms with Gasteiger partial charge >= 0.3 is 0 Å². The molecule has 90 valence electrons. The Morgan fingerprint density at radius 3 is 2.81 bits per heavy atom. The number of imidazole rings is 1. The van der Waals surface area contributed by atoms with Crippen LogP contribution >= 0.6 is 11.6 Å². The number of rotatable bonds is 4. The maximum atomic E-state index is 6.19. The molecule has 0 aromatic carbocycles. The number of halogens is 1. The van der Waals surface area contributed by atoms with Crippen LogP contribution in [0.2, 0.25) is 5.15 Å². The summed E-state index contributed by atoms with van der Waals surface area (Å²) in [6, 6.07) is 0. The quantitative estimate of drug-likeness (QED) is 0.851. The number of hydrogen-bond acceptors (Lipinski definition) is 2. The summed E-state index contributed by atoms with van der Waals surface area (Å²) in [7, 11) is 1.95. The van der Waals surface area contributed by atoms with Crippen LogP contribution in [0.25, 0.3) is 0 Å². The summed E-state index contributed by atoms with van der Waals surface area (Å²) in [5.74, 6) is 1.62. The van der Waals surface area contributed by atoms with Gasteiger partial charge in [0.05, 0.1) is 5.69 Å². The minimum absolute atomic E-state index is 0.608. The second-order valence-electron chi connectivity index (χ2n) is 4.58. The average Bonchev–Trinajstić information content (AvgIpc) is 2.69. The average molecular weight is 242 g/mol. The van der Waals surface area contributed by atoms with Crippen LogP contribution in [0.5, 0.6) is 0 Å². The monoisotopic (exact) mass is 241 g/mol. The lowest BCUT2D eigenvalue weighted by Gasteiger charge is -2.20. The second-order valence-corrected chi connectivity index (χ2v) is 4.93. The number of aromatic amines is 1. The van der Waals surface area contributed by atoms with Crippen molar-refractivity contribution in [2.75, 3.05) is 13.6 Å². The number of likely N-dealkylation sites (N-methyl/N-ethyl adjacent to an activating group) is 1. The zero-order chi connectivity index (χ0) is 11.4. The van der Waals surface area contributed by atoms with E-state index < -0.39 is 0 Å². The van der Waals surface area contributed by atoms with Crippen LogP contribution in [-0.4, -0.2) is 23.6 Å². The first-order valence-corrected chi connectivity index (χ1v) is 6.58. The molecule has 0 radical (unpaired) electrons. The first-order valence-electron chi connectivity index (χ1n) is 6.20. The Hall–Kier alpha value is -0.540. The maximum absolute atomic E-state index is 6.19. The SMILES string of the molecule is CNCCc1nc(Cl)c(C2CCCCC2)[nH]1. The van der Waals surface area contributed by atoms with Gasteiger partial charge in [-0.25, -0.2) is 4.98 Å². The fourth-order valence-electron chi connectivity index (χ4n) is 2.44. The van der Waals surface area contributed by atoms with Crippen molar-refractivity contribution in [2.24, 2.45) is 0 Å². The molecule has 0 bridgehead atoms. The molecule has 0 saturated heterocycles. The number of H-pyrrole nitrogens is 1. The number of nitrogens with one attached hydrogen (secondary N) is 2. The Morgan fingerprint density at radius 2 is 2.12 bits per heavy atom. The smallest absolute Gasteiger partial charge is 0.150 e. The molecule has 1 aromatic rings. The van der Waals surface area contributed by atoms with E-state index in [0.29, 0.717) is 11.1 Å². The zero-order valence-electron chi connectivity index (χ0n) is 9.85. The molecule has 3 nitrogen and oxygen atoms in total. The highest BCUT2D eigenvalue weighted by Gasteiger charge is 2.20. The van der Waals surface area contributed by atoms with E-state index in [1.54, 1.807) is 0 Å². The molecule has 1 fully saturated rings. The largest absolute Gasteiger partial charge is 0.344 e. The molecule has 0 aliphatic heterocycles. The predicted octanol–water partition coefficient (Wildman–Crippen LogP) is 2.87. The molecule has 1 aromatic heterocycles. The Balaban J connectivity index is 2.04. The van der Waals surface area contributed by atoms with Crippen LogP contribution in [0.15, 0.2) is 0 Å². The summed E-state index contributed by atoms with van der Waals surface area (Å²) in [6.45, 7) is 0.938. The van der Waals surface area contributed by atoms with Crippen LogP contribution in [-0.2, 0) is 6.42 Å². The van der Waals surface area contributed by atoms with E-state index in [1.807, 2.05) is 7.05 Å². The molecule has 0 amide bonds. The van der Waals surface area contributed by atoms with Crippen LogP contribution in [0.4, 0.5) is 0 Å². The van der Waals surface area contributed by atoms with Crippen molar-refractivity contribution in [3.8, 4) is 0 Å². The number of hydrogen-bond donors (Lipinski definition) is 2. The number of aromatic nitrogens is 2. The van der Waals surface area contributed by atoms with Crippen LogP contribution < -0.4 is 5.32 Å². The highest BCUT2D eigenvalue weighted by atomic mass is 35.5. The van der Waals surface area contributed by atoms with Crippen molar-refractivity contribution >= 4 is 11.6 Å². The van der Waals surface area contributed by atoms with Crippen molar-refractivity contribution in [1.82, 2.24) is 15.3 Å². The third-order valence-corrected chi connectivity index (χ3v) is 3.65. The van der Waals surface area contributed by atoms with Crippen molar-refractivity contribution in [1.29, 1.82) is 0 Å². The molecule has 1 aliphatic carbocycles. The van der Waals surface area contributed by atoms with Crippen molar-refractivity contribution in [2.45, 2.75) is 44.4 Å². The fraction of sp³-hybridized carbons (Fsp3) is 0.750. The molecule has 1 heterocycles. The van der Waals surface area contributed by atoms with E-state index in [2.05, 4.69) is 15.3 Å². The first kappa shape index (κ1) is 11.9. The third kappa shape index (κ3) is 2.77. The lowest BCUT2D eigenvalue weighted by Crippen LogP contribution is -2.11. The molecule has 1 aliphatic rings. The molecular formula is C12H20ClN3. The lowest BCUT2D eigenvalue weighted by molar-refractivity contribution is 0.437. The van der Waals surface area contributed by atoms with Crippen molar-refractivity contribution in [3.63, 3.8) is 0 Å². The van der Waals surface area contributed by atoms with Gasteiger partial charge in [-0.3, -0.25) is 0 Å². The highest BCUT2D eigenvalue weighted by Crippen LogP contribution is 2.34. The van der Waals surface area contributed by atoms with Gasteiger partial charge in [0.2, 0.25) is 0 Å². The van der Waals surface area contributed by atoms with Gasteiger partial charge in [-0.2, -0.15) is 0 Å². The third-order valence-electron chi connectivity index (χ3n) is 3.36. The minimum atomic E-state index is 0.608. The molecule has 0 unspecified atom stereocenters. The van der Waals surface area contributed by atoms with Crippen LogP contribution in [0.3, 0.4) is 0 Å². The van der Waals surface area contributed by atoms with E-state index in [0.717, 1.165) is 18.8 Å². The van der Waals surface area contributed by atoms with Crippen LogP contribution in [0, 0.1) is 0 Å². The molecule has 0 atom stereocenters. The molecule has 1 saturated carbocycles. The van der Waals surface area contributed by atoms with Gasteiger partial charge in [0.25, 0.3) is 0 Å². The summed E-state index contributed by atoms with van der Waals surface area (Å²) in [6.07, 6.45) is 7.45. The van der Waals surface area contributed by atoms with Gasteiger partial charge in [0.15, 0.2) is 5.15 Å². The van der Waals surface area contributed by atoms with Gasteiger partial charge in [-0.1, -0.05) is 30.9 Å². The van der Waals surface area contributed by atoms with Gasteiger partial charge in [0, 0.05) is 18.9 Å². The lowest BCUT2D eigenvalue weighted by atomic mass is 9.87. The zero-order valence-corrected chi connectivity index (χ0v) is 10.6. The standard InChI is InChI=1S/C12H20ClN3/c1-14-8-7-10-15-11(12(13)16-10)9-5-3-2-4-6-9/h9,14H,2-8H2,1H3,(H,15,16). The van der Waals surface area contributed by atoms with E-state index in [-0.39, 0.29) is 0 Å². The molecule has 2 rings (SSSR count). The van der Waals surface area contributed by atoms with E-state index in [1.165, 1.54) is 37.8 Å².